The summed E-state index contributed by atoms with van der Waals surface area (Å²) < 4.78 is 1.36. The van der Waals surface area contributed by atoms with Gasteiger partial charge in [0.15, 0.2) is 0 Å². The van der Waals surface area contributed by atoms with Gasteiger partial charge < -0.3 is 10.6 Å². The summed E-state index contributed by atoms with van der Waals surface area (Å²) in [7, 11) is 1.82. The Kier molecular flexibility index (Phi) is 4.85. The number of likely N-dealkylation sites (N-methyl/N-ethyl adjacent to an activating group) is 1. The van der Waals surface area contributed by atoms with Gasteiger partial charge in [-0.1, -0.05) is 6.07 Å². The molecule has 0 radical (unpaired) electrons. The normalized spacial score (nSPS) is 11.0. The molecule has 0 aliphatic heterocycles. The van der Waals surface area contributed by atoms with Crippen molar-refractivity contribution >= 4 is 38.8 Å². The Hall–Kier alpha value is -2.03. The van der Waals surface area contributed by atoms with Gasteiger partial charge in [0.25, 0.3) is 5.56 Å². The molecule has 0 saturated heterocycles. The maximum atomic E-state index is 12.7. The van der Waals surface area contributed by atoms with Gasteiger partial charge in [-0.15, -0.1) is 22.7 Å². The lowest BCUT2D eigenvalue weighted by atomic mass is 10.2. The zero-order chi connectivity index (χ0) is 16.2. The van der Waals surface area contributed by atoms with Crippen LogP contribution in [0.25, 0.3) is 20.7 Å². The second-order valence-corrected chi connectivity index (χ2v) is 6.74. The molecule has 8 heteroatoms. The van der Waals surface area contributed by atoms with Gasteiger partial charge in [-0.2, -0.15) is 0 Å². The van der Waals surface area contributed by atoms with Crippen LogP contribution in [0, 0.1) is 0 Å². The van der Waals surface area contributed by atoms with Crippen LogP contribution in [-0.4, -0.2) is 35.6 Å². The fraction of sp³-hybridized carbons (Fsp3) is 0.267. The van der Waals surface area contributed by atoms with E-state index in [1.807, 2.05) is 29.9 Å². The van der Waals surface area contributed by atoms with Gasteiger partial charge in [0.2, 0.25) is 5.91 Å². The Morgan fingerprint density at radius 2 is 2.22 bits per heavy atom. The van der Waals surface area contributed by atoms with E-state index in [-0.39, 0.29) is 18.0 Å². The molecule has 120 valence electrons. The van der Waals surface area contributed by atoms with E-state index in [1.54, 1.807) is 11.3 Å². The number of carbonyl (C=O) groups is 1. The molecule has 0 bridgehead atoms. The van der Waals surface area contributed by atoms with Gasteiger partial charge in [-0.25, -0.2) is 4.98 Å². The van der Waals surface area contributed by atoms with E-state index < -0.39 is 0 Å². The van der Waals surface area contributed by atoms with Crippen LogP contribution in [0.15, 0.2) is 34.0 Å². The lowest BCUT2D eigenvalue weighted by Gasteiger charge is -2.07. The zero-order valence-corrected chi connectivity index (χ0v) is 14.2. The molecule has 3 heterocycles. The fourth-order valence-electron chi connectivity index (χ4n) is 2.23. The number of carbonyl (C=O) groups excluding carboxylic acids is 1. The van der Waals surface area contributed by atoms with Crippen LogP contribution in [0.4, 0.5) is 0 Å². The van der Waals surface area contributed by atoms with Gasteiger partial charge in [0.05, 0.1) is 11.7 Å². The smallest absolute Gasteiger partial charge is 0.263 e. The first kappa shape index (κ1) is 15.9. The van der Waals surface area contributed by atoms with E-state index in [4.69, 9.17) is 0 Å². The molecule has 3 rings (SSSR count). The number of hydrogen-bond acceptors (Lipinski definition) is 6. The number of thiophene rings is 2. The first-order valence-electron chi connectivity index (χ1n) is 7.12. The molecule has 0 aromatic carbocycles. The van der Waals surface area contributed by atoms with E-state index in [0.717, 1.165) is 10.4 Å². The van der Waals surface area contributed by atoms with Crippen molar-refractivity contribution in [1.82, 2.24) is 20.2 Å². The predicted octanol–water partition coefficient (Wildman–Crippen LogP) is 1.52. The maximum Gasteiger partial charge on any atom is 0.263 e. The number of nitrogens with one attached hydrogen (secondary N) is 2. The third kappa shape index (κ3) is 3.34. The maximum absolute atomic E-state index is 12.7. The van der Waals surface area contributed by atoms with Crippen molar-refractivity contribution in [3.63, 3.8) is 0 Å². The van der Waals surface area contributed by atoms with E-state index in [9.17, 15) is 9.59 Å². The number of amides is 1. The van der Waals surface area contributed by atoms with Crippen molar-refractivity contribution in [3.05, 3.63) is 39.6 Å². The monoisotopic (exact) mass is 348 g/mol. The molecule has 0 saturated carbocycles. The van der Waals surface area contributed by atoms with Crippen molar-refractivity contribution < 1.29 is 4.79 Å². The average molecular weight is 348 g/mol. The molecular weight excluding hydrogens is 332 g/mol. The number of rotatable bonds is 6. The van der Waals surface area contributed by atoms with Crippen molar-refractivity contribution in [2.24, 2.45) is 0 Å². The topological polar surface area (TPSA) is 76.0 Å². The lowest BCUT2D eigenvalue weighted by molar-refractivity contribution is -0.121. The number of aromatic nitrogens is 2. The Balaban J connectivity index is 1.91. The van der Waals surface area contributed by atoms with Crippen molar-refractivity contribution in [3.8, 4) is 10.4 Å². The van der Waals surface area contributed by atoms with Gasteiger partial charge in [-0.05, 0) is 18.5 Å². The Morgan fingerprint density at radius 1 is 1.35 bits per heavy atom. The first-order chi connectivity index (χ1) is 11.2. The predicted molar refractivity (Wildman–Crippen MR) is 94.1 cm³/mol. The molecule has 2 N–H and O–H groups in total. The highest BCUT2D eigenvalue weighted by Gasteiger charge is 2.15. The highest BCUT2D eigenvalue weighted by Crippen LogP contribution is 2.33. The minimum absolute atomic E-state index is 0.0226. The van der Waals surface area contributed by atoms with Gasteiger partial charge in [0.1, 0.15) is 11.4 Å². The minimum atomic E-state index is -0.198. The Bertz CT molecular complexity index is 867. The largest absolute Gasteiger partial charge is 0.353 e. The summed E-state index contributed by atoms with van der Waals surface area (Å²) in [6.45, 7) is 1.19. The first-order valence-corrected chi connectivity index (χ1v) is 8.88. The quantitative estimate of drug-likeness (QED) is 0.662. The van der Waals surface area contributed by atoms with Crippen LogP contribution in [-0.2, 0) is 11.3 Å². The summed E-state index contributed by atoms with van der Waals surface area (Å²) in [5, 5.41) is 10.2. The molecular formula is C15H16N4O2S2. The van der Waals surface area contributed by atoms with Crippen LogP contribution in [0.3, 0.4) is 0 Å². The van der Waals surface area contributed by atoms with Crippen molar-refractivity contribution in [1.29, 1.82) is 0 Å². The van der Waals surface area contributed by atoms with Crippen LogP contribution in [0.5, 0.6) is 0 Å². The summed E-state index contributed by atoms with van der Waals surface area (Å²) in [6.07, 6.45) is 1.44. The second kappa shape index (κ2) is 7.03. The molecule has 0 fully saturated rings. The van der Waals surface area contributed by atoms with Crippen LogP contribution >= 0.6 is 22.7 Å². The molecule has 0 aliphatic rings. The fourth-order valence-corrected chi connectivity index (χ4v) is 3.95. The third-order valence-electron chi connectivity index (χ3n) is 3.36. The summed E-state index contributed by atoms with van der Waals surface area (Å²) in [6, 6.07) is 3.93. The molecule has 1 amide bonds. The molecule has 3 aromatic rings. The molecule has 0 aliphatic carbocycles. The molecule has 3 aromatic heterocycles. The van der Waals surface area contributed by atoms with Gasteiger partial charge in [-0.3, -0.25) is 14.2 Å². The Labute approximate surface area is 140 Å². The van der Waals surface area contributed by atoms with Crippen LogP contribution < -0.4 is 16.2 Å². The standard InChI is InChI=1S/C15H16N4O2S2/c1-16-4-5-17-12(20)7-19-9-18-14-13(15(19)21)10(8-23-14)11-3-2-6-22-11/h2-3,6,8-9,16H,4-5,7H2,1H3,(H,17,20). The highest BCUT2D eigenvalue weighted by molar-refractivity contribution is 7.18. The summed E-state index contributed by atoms with van der Waals surface area (Å²) >= 11 is 3.03. The SMILES string of the molecule is CNCCNC(=O)Cn1cnc2scc(-c3cccs3)c2c1=O. The van der Waals surface area contributed by atoms with Crippen LogP contribution in [0.1, 0.15) is 0 Å². The van der Waals surface area contributed by atoms with E-state index in [0.29, 0.717) is 23.3 Å². The highest BCUT2D eigenvalue weighted by atomic mass is 32.1. The molecule has 0 unspecified atom stereocenters. The summed E-state index contributed by atoms with van der Waals surface area (Å²) in [5.74, 6) is -0.198. The molecule has 6 nitrogen and oxygen atoms in total. The number of hydrogen-bond donors (Lipinski definition) is 2. The zero-order valence-electron chi connectivity index (χ0n) is 12.5. The molecule has 23 heavy (non-hydrogen) atoms. The van der Waals surface area contributed by atoms with E-state index in [1.165, 1.54) is 22.2 Å². The lowest BCUT2D eigenvalue weighted by Crippen LogP contribution is -2.35. The number of fused-ring (bicyclic) bond motifs is 1. The summed E-state index contributed by atoms with van der Waals surface area (Å²) in [4.78, 5) is 30.7. The average Bonchev–Trinajstić information content (AvgIpc) is 3.19. The van der Waals surface area contributed by atoms with E-state index >= 15 is 0 Å². The van der Waals surface area contributed by atoms with Crippen LogP contribution in [0.2, 0.25) is 0 Å². The van der Waals surface area contributed by atoms with Crippen molar-refractivity contribution in [2.45, 2.75) is 6.54 Å². The molecule has 0 spiro atoms. The van der Waals surface area contributed by atoms with E-state index in [2.05, 4.69) is 15.6 Å². The van der Waals surface area contributed by atoms with Gasteiger partial charge in [0, 0.05) is 28.9 Å². The van der Waals surface area contributed by atoms with Gasteiger partial charge >= 0.3 is 0 Å². The minimum Gasteiger partial charge on any atom is -0.353 e. The molecule has 0 atom stereocenters. The second-order valence-electron chi connectivity index (χ2n) is 4.94. The Morgan fingerprint density at radius 3 is 2.96 bits per heavy atom. The summed E-state index contributed by atoms with van der Waals surface area (Å²) in [5.41, 5.74) is 0.714. The third-order valence-corrected chi connectivity index (χ3v) is 5.15. The van der Waals surface area contributed by atoms with Crippen molar-refractivity contribution in [2.75, 3.05) is 20.1 Å². The number of nitrogens with zero attached hydrogens (tertiary/aromatic N) is 2.